The molecule has 1 heterocycles. The number of rotatable bonds is 5. The van der Waals surface area contributed by atoms with Gasteiger partial charge in [0.15, 0.2) is 11.5 Å². The third-order valence-corrected chi connectivity index (χ3v) is 6.06. The van der Waals surface area contributed by atoms with Crippen LogP contribution in [0.15, 0.2) is 53.4 Å². The SMILES string of the molecule is O=S(=O)(NCC1(c2ccccc2)CC1)c1ccc2c(c1)OCCO2. The zero-order valence-electron chi connectivity index (χ0n) is 13.2. The number of nitrogens with one attached hydrogen (secondary N) is 1. The smallest absolute Gasteiger partial charge is 0.240 e. The molecule has 0 spiro atoms. The maximum Gasteiger partial charge on any atom is 0.240 e. The van der Waals surface area contributed by atoms with Gasteiger partial charge in [0.25, 0.3) is 0 Å². The fourth-order valence-corrected chi connectivity index (χ4v) is 4.16. The molecule has 0 atom stereocenters. The van der Waals surface area contributed by atoms with Crippen LogP contribution in [-0.2, 0) is 15.4 Å². The molecular formula is C18H19NO4S. The first kappa shape index (κ1) is 15.5. The molecule has 5 nitrogen and oxygen atoms in total. The molecule has 1 aliphatic heterocycles. The van der Waals surface area contributed by atoms with E-state index in [0.29, 0.717) is 31.3 Å². The first-order valence-electron chi connectivity index (χ1n) is 8.04. The molecular weight excluding hydrogens is 326 g/mol. The topological polar surface area (TPSA) is 64.6 Å². The van der Waals surface area contributed by atoms with Crippen LogP contribution in [-0.4, -0.2) is 28.2 Å². The zero-order chi connectivity index (χ0) is 16.6. The second-order valence-corrected chi connectivity index (χ2v) is 8.04. The van der Waals surface area contributed by atoms with E-state index in [2.05, 4.69) is 16.9 Å². The van der Waals surface area contributed by atoms with Gasteiger partial charge in [0.2, 0.25) is 10.0 Å². The van der Waals surface area contributed by atoms with Gasteiger partial charge in [0.05, 0.1) is 4.90 Å². The van der Waals surface area contributed by atoms with Gasteiger partial charge in [0, 0.05) is 18.0 Å². The van der Waals surface area contributed by atoms with E-state index in [4.69, 9.17) is 9.47 Å². The number of fused-ring (bicyclic) bond motifs is 1. The Morgan fingerprint density at radius 2 is 1.67 bits per heavy atom. The summed E-state index contributed by atoms with van der Waals surface area (Å²) in [5, 5.41) is 0. The van der Waals surface area contributed by atoms with Gasteiger partial charge < -0.3 is 9.47 Å². The van der Waals surface area contributed by atoms with E-state index >= 15 is 0 Å². The Hall–Kier alpha value is -2.05. The van der Waals surface area contributed by atoms with Crippen molar-refractivity contribution in [2.24, 2.45) is 0 Å². The van der Waals surface area contributed by atoms with Gasteiger partial charge >= 0.3 is 0 Å². The summed E-state index contributed by atoms with van der Waals surface area (Å²) in [6.07, 6.45) is 2.00. The van der Waals surface area contributed by atoms with Crippen LogP contribution in [0.3, 0.4) is 0 Å². The second-order valence-electron chi connectivity index (χ2n) is 6.28. The minimum atomic E-state index is -3.58. The van der Waals surface area contributed by atoms with Crippen molar-refractivity contribution in [3.05, 3.63) is 54.1 Å². The minimum absolute atomic E-state index is 0.0673. The van der Waals surface area contributed by atoms with Crippen molar-refractivity contribution in [1.29, 1.82) is 0 Å². The summed E-state index contributed by atoms with van der Waals surface area (Å²) in [6, 6.07) is 14.8. The van der Waals surface area contributed by atoms with Crippen LogP contribution in [0.25, 0.3) is 0 Å². The highest BCUT2D eigenvalue weighted by Gasteiger charge is 2.44. The van der Waals surface area contributed by atoms with Crippen LogP contribution in [0.2, 0.25) is 0 Å². The lowest BCUT2D eigenvalue weighted by molar-refractivity contribution is 0.171. The fraction of sp³-hybridized carbons (Fsp3) is 0.333. The Morgan fingerprint density at radius 1 is 0.958 bits per heavy atom. The normalized spacial score (nSPS) is 18.2. The molecule has 1 N–H and O–H groups in total. The van der Waals surface area contributed by atoms with Gasteiger partial charge in [-0.3, -0.25) is 0 Å². The predicted octanol–water partition coefficient (Wildman–Crippen LogP) is 2.47. The number of hydrogen-bond acceptors (Lipinski definition) is 4. The first-order valence-corrected chi connectivity index (χ1v) is 9.52. The summed E-state index contributed by atoms with van der Waals surface area (Å²) in [6.45, 7) is 1.33. The average molecular weight is 345 g/mol. The monoisotopic (exact) mass is 345 g/mol. The van der Waals surface area contributed by atoms with Crippen LogP contribution in [0, 0.1) is 0 Å². The quantitative estimate of drug-likeness (QED) is 0.904. The number of hydrogen-bond donors (Lipinski definition) is 1. The molecule has 0 aromatic heterocycles. The van der Waals surface area contributed by atoms with E-state index < -0.39 is 10.0 Å². The largest absolute Gasteiger partial charge is 0.486 e. The maximum absolute atomic E-state index is 12.6. The van der Waals surface area contributed by atoms with E-state index in [1.165, 1.54) is 11.6 Å². The second kappa shape index (κ2) is 5.79. The Morgan fingerprint density at radius 3 is 2.38 bits per heavy atom. The van der Waals surface area contributed by atoms with Crippen molar-refractivity contribution >= 4 is 10.0 Å². The van der Waals surface area contributed by atoms with Gasteiger partial charge in [0.1, 0.15) is 13.2 Å². The van der Waals surface area contributed by atoms with Crippen LogP contribution < -0.4 is 14.2 Å². The van der Waals surface area contributed by atoms with Crippen molar-refractivity contribution in [3.63, 3.8) is 0 Å². The van der Waals surface area contributed by atoms with Crippen LogP contribution in [0.1, 0.15) is 18.4 Å². The minimum Gasteiger partial charge on any atom is -0.486 e. The van der Waals surface area contributed by atoms with E-state index in [9.17, 15) is 8.42 Å². The molecule has 1 fully saturated rings. The molecule has 4 rings (SSSR count). The molecule has 0 radical (unpaired) electrons. The van der Waals surface area contributed by atoms with Crippen molar-refractivity contribution in [1.82, 2.24) is 4.72 Å². The first-order chi connectivity index (χ1) is 11.6. The molecule has 1 saturated carbocycles. The average Bonchev–Trinajstić information content (AvgIpc) is 3.42. The molecule has 2 aromatic carbocycles. The van der Waals surface area contributed by atoms with Gasteiger partial charge in [-0.1, -0.05) is 30.3 Å². The van der Waals surface area contributed by atoms with Crippen molar-refractivity contribution in [2.45, 2.75) is 23.2 Å². The van der Waals surface area contributed by atoms with Crippen LogP contribution in [0.5, 0.6) is 11.5 Å². The van der Waals surface area contributed by atoms with Gasteiger partial charge in [-0.25, -0.2) is 13.1 Å². The highest BCUT2D eigenvalue weighted by atomic mass is 32.2. The highest BCUT2D eigenvalue weighted by molar-refractivity contribution is 7.89. The van der Waals surface area contributed by atoms with E-state index in [-0.39, 0.29) is 10.3 Å². The third-order valence-electron chi connectivity index (χ3n) is 4.66. The fourth-order valence-electron chi connectivity index (χ4n) is 3.02. The number of benzene rings is 2. The lowest BCUT2D eigenvalue weighted by Crippen LogP contribution is -2.32. The molecule has 0 bridgehead atoms. The number of sulfonamides is 1. The molecule has 126 valence electrons. The highest BCUT2D eigenvalue weighted by Crippen LogP contribution is 2.47. The van der Waals surface area contributed by atoms with Crippen molar-refractivity contribution in [3.8, 4) is 11.5 Å². The lowest BCUT2D eigenvalue weighted by atomic mass is 9.96. The summed E-state index contributed by atoms with van der Waals surface area (Å²) >= 11 is 0. The molecule has 1 aliphatic carbocycles. The molecule has 0 amide bonds. The Labute approximate surface area is 141 Å². The van der Waals surface area contributed by atoms with Gasteiger partial charge in [-0.2, -0.15) is 0 Å². The van der Waals surface area contributed by atoms with E-state index in [1.807, 2.05) is 18.2 Å². The summed E-state index contributed by atoms with van der Waals surface area (Å²) in [4.78, 5) is 0.204. The molecule has 2 aromatic rings. The van der Waals surface area contributed by atoms with Crippen molar-refractivity contribution < 1.29 is 17.9 Å². The third kappa shape index (κ3) is 2.87. The van der Waals surface area contributed by atoms with Crippen LogP contribution >= 0.6 is 0 Å². The summed E-state index contributed by atoms with van der Waals surface area (Å²) in [5.41, 5.74) is 1.12. The van der Waals surface area contributed by atoms with E-state index in [1.54, 1.807) is 12.1 Å². The molecule has 0 saturated heterocycles. The zero-order valence-corrected chi connectivity index (χ0v) is 14.0. The summed E-state index contributed by atoms with van der Waals surface area (Å²) in [7, 11) is -3.58. The van der Waals surface area contributed by atoms with Crippen molar-refractivity contribution in [2.75, 3.05) is 19.8 Å². The van der Waals surface area contributed by atoms with Crippen LogP contribution in [0.4, 0.5) is 0 Å². The lowest BCUT2D eigenvalue weighted by Gasteiger charge is -2.20. The molecule has 24 heavy (non-hydrogen) atoms. The van der Waals surface area contributed by atoms with Gasteiger partial charge in [-0.05, 0) is 30.5 Å². The summed E-state index contributed by atoms with van der Waals surface area (Å²) in [5.74, 6) is 1.07. The Balaban J connectivity index is 1.52. The molecule has 6 heteroatoms. The Kier molecular flexibility index (Phi) is 3.73. The standard InChI is InChI=1S/C18H19NO4S/c20-24(21,15-6-7-16-17(12-15)23-11-10-22-16)19-13-18(8-9-18)14-4-2-1-3-5-14/h1-7,12,19H,8-11,13H2. The molecule has 2 aliphatic rings. The number of ether oxygens (including phenoxy) is 2. The summed E-state index contributed by atoms with van der Waals surface area (Å²) < 4.78 is 38.9. The van der Waals surface area contributed by atoms with E-state index in [0.717, 1.165) is 12.8 Å². The van der Waals surface area contributed by atoms with Gasteiger partial charge in [-0.15, -0.1) is 0 Å². The predicted molar refractivity (Wildman–Crippen MR) is 90.0 cm³/mol. The maximum atomic E-state index is 12.6. The Bertz CT molecular complexity index is 845. The molecule has 0 unspecified atom stereocenters.